The first kappa shape index (κ1) is 15.7. The molecule has 1 aromatic rings. The van der Waals surface area contributed by atoms with Crippen LogP contribution in [0.25, 0.3) is 0 Å². The minimum atomic E-state index is -0.765. The van der Waals surface area contributed by atoms with Crippen molar-refractivity contribution in [2.75, 3.05) is 26.2 Å². The average molecular weight is 265 g/mol. The van der Waals surface area contributed by atoms with Gasteiger partial charge in [-0.15, -0.1) is 0 Å². The van der Waals surface area contributed by atoms with E-state index in [1.54, 1.807) is 0 Å². The molecule has 19 heavy (non-hydrogen) atoms. The summed E-state index contributed by atoms with van der Waals surface area (Å²) in [5.74, 6) is -0.765. The van der Waals surface area contributed by atoms with Crippen LogP contribution >= 0.6 is 0 Å². The van der Waals surface area contributed by atoms with Crippen LogP contribution in [-0.4, -0.2) is 42.2 Å². The number of rotatable bonds is 10. The molecule has 0 aliphatic carbocycles. The van der Waals surface area contributed by atoms with Gasteiger partial charge in [-0.3, -0.25) is 9.69 Å². The van der Waals surface area contributed by atoms with Gasteiger partial charge >= 0.3 is 5.97 Å². The molecule has 0 aliphatic heterocycles. The predicted molar refractivity (Wildman–Crippen MR) is 75.1 cm³/mol. The van der Waals surface area contributed by atoms with E-state index in [-0.39, 0.29) is 6.54 Å². The van der Waals surface area contributed by atoms with Gasteiger partial charge in [-0.25, -0.2) is 0 Å². The molecule has 0 bridgehead atoms. The zero-order chi connectivity index (χ0) is 13.9. The van der Waals surface area contributed by atoms with Crippen LogP contribution in [0.5, 0.6) is 0 Å². The van der Waals surface area contributed by atoms with Crippen LogP contribution in [0.4, 0.5) is 0 Å². The summed E-state index contributed by atoms with van der Waals surface area (Å²) in [6.45, 7) is 5.05. The maximum absolute atomic E-state index is 10.7. The summed E-state index contributed by atoms with van der Waals surface area (Å²) < 4.78 is 5.58. The molecule has 0 unspecified atom stereocenters. The van der Waals surface area contributed by atoms with Crippen LogP contribution in [0.3, 0.4) is 0 Å². The first-order chi connectivity index (χ1) is 9.22. The molecular weight excluding hydrogens is 242 g/mol. The number of benzene rings is 1. The van der Waals surface area contributed by atoms with Crippen molar-refractivity contribution in [3.8, 4) is 0 Å². The summed E-state index contributed by atoms with van der Waals surface area (Å²) in [5.41, 5.74) is 1.17. The maximum Gasteiger partial charge on any atom is 0.317 e. The summed E-state index contributed by atoms with van der Waals surface area (Å²) in [6.07, 6.45) is 1.83. The smallest absolute Gasteiger partial charge is 0.317 e. The Bertz CT molecular complexity index is 354. The van der Waals surface area contributed by atoms with Crippen molar-refractivity contribution in [3.05, 3.63) is 35.9 Å². The molecule has 0 amide bonds. The predicted octanol–water partition coefficient (Wildman–Crippen LogP) is 2.39. The van der Waals surface area contributed by atoms with Crippen molar-refractivity contribution < 1.29 is 14.6 Å². The molecule has 0 atom stereocenters. The van der Waals surface area contributed by atoms with E-state index in [9.17, 15) is 4.79 Å². The highest BCUT2D eigenvalue weighted by Crippen LogP contribution is 2.01. The molecule has 1 aromatic carbocycles. The van der Waals surface area contributed by atoms with Crippen molar-refractivity contribution in [3.63, 3.8) is 0 Å². The third-order valence-corrected chi connectivity index (χ3v) is 2.77. The Kier molecular flexibility index (Phi) is 7.86. The molecule has 1 rings (SSSR count). The number of carbonyl (C=O) groups is 1. The maximum atomic E-state index is 10.7. The number of hydrogen-bond acceptors (Lipinski definition) is 3. The minimum Gasteiger partial charge on any atom is -0.480 e. The second kappa shape index (κ2) is 9.53. The van der Waals surface area contributed by atoms with Gasteiger partial charge in [-0.1, -0.05) is 37.3 Å². The quantitative estimate of drug-likeness (QED) is 0.660. The van der Waals surface area contributed by atoms with E-state index in [1.165, 1.54) is 5.56 Å². The van der Waals surface area contributed by atoms with E-state index < -0.39 is 5.97 Å². The van der Waals surface area contributed by atoms with E-state index in [4.69, 9.17) is 9.84 Å². The van der Waals surface area contributed by atoms with Crippen molar-refractivity contribution in [1.82, 2.24) is 4.90 Å². The SMILES string of the molecule is CCCN(CCCOCc1ccccc1)CC(=O)O. The van der Waals surface area contributed by atoms with Gasteiger partial charge in [0.05, 0.1) is 13.2 Å². The van der Waals surface area contributed by atoms with Gasteiger partial charge < -0.3 is 9.84 Å². The number of hydrogen-bond donors (Lipinski definition) is 1. The van der Waals surface area contributed by atoms with E-state index in [0.717, 1.165) is 25.9 Å². The Balaban J connectivity index is 2.12. The van der Waals surface area contributed by atoms with Crippen molar-refractivity contribution in [2.45, 2.75) is 26.4 Å². The Morgan fingerprint density at radius 3 is 2.63 bits per heavy atom. The first-order valence-corrected chi connectivity index (χ1v) is 6.78. The zero-order valence-electron chi connectivity index (χ0n) is 11.5. The topological polar surface area (TPSA) is 49.8 Å². The van der Waals surface area contributed by atoms with Gasteiger partial charge in [0.15, 0.2) is 0 Å². The lowest BCUT2D eigenvalue weighted by atomic mass is 10.2. The largest absolute Gasteiger partial charge is 0.480 e. The van der Waals surface area contributed by atoms with Crippen molar-refractivity contribution in [2.24, 2.45) is 0 Å². The van der Waals surface area contributed by atoms with Crippen LogP contribution in [0, 0.1) is 0 Å². The number of nitrogens with zero attached hydrogens (tertiary/aromatic N) is 1. The zero-order valence-corrected chi connectivity index (χ0v) is 11.5. The lowest BCUT2D eigenvalue weighted by Crippen LogP contribution is -2.31. The highest BCUT2D eigenvalue weighted by molar-refractivity contribution is 5.69. The van der Waals surface area contributed by atoms with Gasteiger partial charge in [-0.2, -0.15) is 0 Å². The molecular formula is C15H23NO3. The van der Waals surface area contributed by atoms with E-state index in [1.807, 2.05) is 35.2 Å². The summed E-state index contributed by atoms with van der Waals surface area (Å²) in [4.78, 5) is 12.6. The molecule has 0 heterocycles. The number of carboxylic acids is 1. The molecule has 4 nitrogen and oxygen atoms in total. The number of carboxylic acid groups (broad SMARTS) is 1. The molecule has 0 radical (unpaired) electrons. The Morgan fingerprint density at radius 2 is 2.00 bits per heavy atom. The monoisotopic (exact) mass is 265 g/mol. The van der Waals surface area contributed by atoms with Crippen LogP contribution in [-0.2, 0) is 16.1 Å². The van der Waals surface area contributed by atoms with Gasteiger partial charge in [0.25, 0.3) is 0 Å². The number of ether oxygens (including phenoxy) is 1. The normalized spacial score (nSPS) is 10.8. The summed E-state index contributed by atoms with van der Waals surface area (Å²) in [5, 5.41) is 8.79. The van der Waals surface area contributed by atoms with Crippen LogP contribution < -0.4 is 0 Å². The minimum absolute atomic E-state index is 0.118. The Morgan fingerprint density at radius 1 is 1.26 bits per heavy atom. The summed E-state index contributed by atoms with van der Waals surface area (Å²) >= 11 is 0. The van der Waals surface area contributed by atoms with Crippen LogP contribution in [0.1, 0.15) is 25.3 Å². The molecule has 0 fully saturated rings. The van der Waals surface area contributed by atoms with E-state index >= 15 is 0 Å². The standard InChI is InChI=1S/C15H23NO3/c1-2-9-16(12-15(17)18)10-6-11-19-13-14-7-4-3-5-8-14/h3-5,7-8H,2,6,9-13H2,1H3,(H,17,18). The second-order valence-electron chi connectivity index (χ2n) is 4.56. The van der Waals surface area contributed by atoms with Gasteiger partial charge in [0.2, 0.25) is 0 Å². The first-order valence-electron chi connectivity index (χ1n) is 6.78. The molecule has 1 N–H and O–H groups in total. The summed E-state index contributed by atoms with van der Waals surface area (Å²) in [6, 6.07) is 10.0. The highest BCUT2D eigenvalue weighted by atomic mass is 16.5. The van der Waals surface area contributed by atoms with Gasteiger partial charge in [-0.05, 0) is 24.9 Å². The highest BCUT2D eigenvalue weighted by Gasteiger charge is 2.07. The van der Waals surface area contributed by atoms with Gasteiger partial charge in [0.1, 0.15) is 0 Å². The average Bonchev–Trinajstić information content (AvgIpc) is 2.39. The third kappa shape index (κ3) is 7.59. The molecule has 106 valence electrons. The van der Waals surface area contributed by atoms with E-state index in [0.29, 0.717) is 13.2 Å². The third-order valence-electron chi connectivity index (χ3n) is 2.77. The Hall–Kier alpha value is -1.39. The molecule has 4 heteroatoms. The fourth-order valence-corrected chi connectivity index (χ4v) is 1.93. The fraction of sp³-hybridized carbons (Fsp3) is 0.533. The lowest BCUT2D eigenvalue weighted by molar-refractivity contribution is -0.138. The number of aliphatic carboxylic acids is 1. The summed E-state index contributed by atoms with van der Waals surface area (Å²) in [7, 11) is 0. The fourth-order valence-electron chi connectivity index (χ4n) is 1.93. The molecule has 0 saturated carbocycles. The second-order valence-corrected chi connectivity index (χ2v) is 4.56. The van der Waals surface area contributed by atoms with Crippen LogP contribution in [0.2, 0.25) is 0 Å². The molecule has 0 spiro atoms. The lowest BCUT2D eigenvalue weighted by Gasteiger charge is -2.19. The van der Waals surface area contributed by atoms with E-state index in [2.05, 4.69) is 6.92 Å². The molecule has 0 saturated heterocycles. The molecule has 0 aliphatic rings. The van der Waals surface area contributed by atoms with Crippen LogP contribution in [0.15, 0.2) is 30.3 Å². The van der Waals surface area contributed by atoms with Crippen molar-refractivity contribution in [1.29, 1.82) is 0 Å². The molecule has 0 aromatic heterocycles. The van der Waals surface area contributed by atoms with Crippen molar-refractivity contribution >= 4 is 5.97 Å². The van der Waals surface area contributed by atoms with Gasteiger partial charge in [0, 0.05) is 13.2 Å². The Labute approximate surface area is 115 Å².